The van der Waals surface area contributed by atoms with E-state index in [0.717, 1.165) is 22.2 Å². The number of imide groups is 1. The van der Waals surface area contributed by atoms with E-state index in [-0.39, 0.29) is 5.56 Å². The molecule has 1 atom stereocenters. The Kier molecular flexibility index (Phi) is 5.66. The molecule has 0 saturated carbocycles. The average Bonchev–Trinajstić information content (AvgIpc) is 2.82. The van der Waals surface area contributed by atoms with Crippen LogP contribution in [0.1, 0.15) is 24.3 Å². The molecule has 0 radical (unpaired) electrons. The minimum Gasteiger partial charge on any atom is -0.453 e. The molecule has 0 saturated heterocycles. The molecule has 0 aliphatic carbocycles. The molecule has 2 heterocycles. The van der Waals surface area contributed by atoms with E-state index in [1.54, 1.807) is 11.5 Å². The van der Waals surface area contributed by atoms with Gasteiger partial charge in [-0.2, -0.15) is 0 Å². The van der Waals surface area contributed by atoms with Crippen molar-refractivity contribution in [2.75, 3.05) is 7.11 Å². The van der Waals surface area contributed by atoms with Gasteiger partial charge in [-0.05, 0) is 33.3 Å². The van der Waals surface area contributed by atoms with E-state index in [1.165, 1.54) is 18.4 Å². The van der Waals surface area contributed by atoms with Crippen LogP contribution in [-0.2, 0) is 16.1 Å². The Morgan fingerprint density at radius 3 is 2.67 bits per heavy atom. The first-order chi connectivity index (χ1) is 11.3. The van der Waals surface area contributed by atoms with Gasteiger partial charge in [0.15, 0.2) is 5.16 Å². The van der Waals surface area contributed by atoms with Crippen LogP contribution in [-0.4, -0.2) is 33.9 Å². The number of nitrogens with one attached hydrogen (secondary N) is 1. The minimum atomic E-state index is -0.812. The largest absolute Gasteiger partial charge is 0.453 e. The lowest BCUT2D eigenvalue weighted by molar-refractivity contribution is -0.119. The van der Waals surface area contributed by atoms with E-state index in [4.69, 9.17) is 0 Å². The molecule has 2 aromatic heterocycles. The second-order valence-corrected chi connectivity index (χ2v) is 7.66. The van der Waals surface area contributed by atoms with Gasteiger partial charge in [0.1, 0.15) is 4.83 Å². The number of carbonyl (C=O) groups excluding carboxylic acids is 2. The van der Waals surface area contributed by atoms with Crippen LogP contribution in [0.15, 0.2) is 9.95 Å². The Bertz CT molecular complexity index is 857. The Morgan fingerprint density at radius 1 is 1.42 bits per heavy atom. The maximum atomic E-state index is 12.7. The number of thiophene rings is 1. The molecular weight excluding hydrogens is 350 g/mol. The maximum absolute atomic E-state index is 12.7. The summed E-state index contributed by atoms with van der Waals surface area (Å²) in [4.78, 5) is 42.1. The molecule has 24 heavy (non-hydrogen) atoms. The number of aromatic nitrogens is 2. The number of carbonyl (C=O) groups is 2. The topological polar surface area (TPSA) is 90.3 Å². The Balaban J connectivity index is 2.40. The van der Waals surface area contributed by atoms with Gasteiger partial charge in [-0.15, -0.1) is 11.3 Å². The summed E-state index contributed by atoms with van der Waals surface area (Å²) in [5.74, 6) is -0.498. The number of alkyl carbamates (subject to hydrolysis) is 1. The van der Waals surface area contributed by atoms with Crippen molar-refractivity contribution in [2.45, 2.75) is 44.6 Å². The molecule has 2 rings (SSSR count). The monoisotopic (exact) mass is 369 g/mol. The number of nitrogens with zero attached hydrogens (tertiary/aromatic N) is 2. The van der Waals surface area contributed by atoms with E-state index >= 15 is 0 Å². The van der Waals surface area contributed by atoms with Crippen molar-refractivity contribution < 1.29 is 14.3 Å². The fourth-order valence-electron chi connectivity index (χ4n) is 2.14. The molecule has 0 unspecified atom stereocenters. The predicted molar refractivity (Wildman–Crippen MR) is 94.9 cm³/mol. The van der Waals surface area contributed by atoms with E-state index in [2.05, 4.69) is 15.0 Å². The van der Waals surface area contributed by atoms with Gasteiger partial charge in [0.25, 0.3) is 5.56 Å². The number of amides is 2. The minimum absolute atomic E-state index is 0.104. The maximum Gasteiger partial charge on any atom is 0.413 e. The van der Waals surface area contributed by atoms with Crippen molar-refractivity contribution in [2.24, 2.45) is 0 Å². The van der Waals surface area contributed by atoms with Crippen LogP contribution in [0.5, 0.6) is 0 Å². The van der Waals surface area contributed by atoms with Gasteiger partial charge in [0.2, 0.25) is 5.91 Å². The van der Waals surface area contributed by atoms with Crippen molar-refractivity contribution in [3.8, 4) is 0 Å². The summed E-state index contributed by atoms with van der Waals surface area (Å²) in [5.41, 5.74) is 0.843. The quantitative estimate of drug-likeness (QED) is 0.658. The second-order valence-electron chi connectivity index (χ2n) is 5.15. The highest BCUT2D eigenvalue weighted by atomic mass is 32.2. The highest BCUT2D eigenvalue weighted by Crippen LogP contribution is 2.29. The molecule has 1 N–H and O–H groups in total. The van der Waals surface area contributed by atoms with E-state index in [1.807, 2.05) is 20.8 Å². The van der Waals surface area contributed by atoms with Crippen LogP contribution in [0, 0.1) is 13.8 Å². The molecule has 130 valence electrons. The smallest absolute Gasteiger partial charge is 0.413 e. The average molecular weight is 369 g/mol. The summed E-state index contributed by atoms with van der Waals surface area (Å²) < 4.78 is 5.96. The molecule has 0 spiro atoms. The van der Waals surface area contributed by atoms with Gasteiger partial charge >= 0.3 is 6.09 Å². The highest BCUT2D eigenvalue weighted by Gasteiger charge is 2.22. The molecule has 0 aliphatic rings. The van der Waals surface area contributed by atoms with Crippen LogP contribution in [0.2, 0.25) is 0 Å². The van der Waals surface area contributed by atoms with Crippen LogP contribution in [0.3, 0.4) is 0 Å². The Hall–Kier alpha value is -1.87. The number of fused-ring (bicyclic) bond motifs is 1. The fraction of sp³-hybridized carbons (Fsp3) is 0.467. The van der Waals surface area contributed by atoms with Crippen molar-refractivity contribution >= 4 is 45.3 Å². The predicted octanol–water partition coefficient (Wildman–Crippen LogP) is 2.46. The zero-order valence-corrected chi connectivity index (χ0v) is 15.8. The number of ether oxygens (including phenoxy) is 1. The highest BCUT2D eigenvalue weighted by molar-refractivity contribution is 8.00. The van der Waals surface area contributed by atoms with Crippen molar-refractivity contribution in [3.63, 3.8) is 0 Å². The molecule has 2 amide bonds. The van der Waals surface area contributed by atoms with Gasteiger partial charge < -0.3 is 4.74 Å². The fourth-order valence-corrected chi connectivity index (χ4v) is 4.19. The number of hydrogen-bond acceptors (Lipinski definition) is 7. The molecule has 2 aromatic rings. The number of thioether (sulfide) groups is 1. The first-order valence-electron chi connectivity index (χ1n) is 7.36. The normalized spacial score (nSPS) is 12.2. The second kappa shape index (κ2) is 7.35. The summed E-state index contributed by atoms with van der Waals surface area (Å²) in [6, 6.07) is 0. The lowest BCUT2D eigenvalue weighted by atomic mass is 10.2. The molecule has 9 heteroatoms. The van der Waals surface area contributed by atoms with Crippen molar-refractivity contribution in [1.82, 2.24) is 14.9 Å². The number of hydrogen-bond donors (Lipinski definition) is 1. The molecular formula is C15H19N3O4S2. The van der Waals surface area contributed by atoms with E-state index < -0.39 is 17.3 Å². The van der Waals surface area contributed by atoms with Crippen LogP contribution >= 0.6 is 23.1 Å². The Labute approximate surface area is 147 Å². The number of aryl methyl sites for hydroxylation is 2. The standard InChI is InChI=1S/C15H19N3O4S2/c1-6-18-13(20)10-7(2)8(3)23-12(10)17-14(18)24-9(4)11(19)16-15(21)22-5/h9H,6H2,1-5H3,(H,16,19,21)/t9-/m1/s1. The van der Waals surface area contributed by atoms with Gasteiger partial charge in [-0.25, -0.2) is 9.78 Å². The lowest BCUT2D eigenvalue weighted by Gasteiger charge is -2.14. The van der Waals surface area contributed by atoms with Gasteiger partial charge in [0, 0.05) is 11.4 Å². The van der Waals surface area contributed by atoms with Crippen molar-refractivity contribution in [3.05, 3.63) is 20.8 Å². The first kappa shape index (κ1) is 18.5. The summed E-state index contributed by atoms with van der Waals surface area (Å²) >= 11 is 2.60. The van der Waals surface area contributed by atoms with Crippen LogP contribution < -0.4 is 10.9 Å². The van der Waals surface area contributed by atoms with Crippen LogP contribution in [0.4, 0.5) is 4.79 Å². The van der Waals surface area contributed by atoms with E-state index in [0.29, 0.717) is 21.9 Å². The van der Waals surface area contributed by atoms with E-state index in [9.17, 15) is 14.4 Å². The van der Waals surface area contributed by atoms with Gasteiger partial charge in [-0.1, -0.05) is 11.8 Å². The third-order valence-electron chi connectivity index (χ3n) is 3.63. The zero-order chi connectivity index (χ0) is 18.0. The third kappa shape index (κ3) is 3.46. The Morgan fingerprint density at radius 2 is 2.08 bits per heavy atom. The number of rotatable bonds is 4. The third-order valence-corrected chi connectivity index (χ3v) is 5.82. The van der Waals surface area contributed by atoms with Crippen LogP contribution in [0.25, 0.3) is 10.2 Å². The summed E-state index contributed by atoms with van der Waals surface area (Å²) in [6.45, 7) is 7.81. The first-order valence-corrected chi connectivity index (χ1v) is 9.05. The summed E-state index contributed by atoms with van der Waals surface area (Å²) in [7, 11) is 1.19. The SMILES string of the molecule is CCn1c(S[C@H](C)C(=O)NC(=O)OC)nc2sc(C)c(C)c2c1=O. The molecule has 0 bridgehead atoms. The molecule has 0 aromatic carbocycles. The molecule has 0 aliphatic heterocycles. The molecule has 7 nitrogen and oxygen atoms in total. The van der Waals surface area contributed by atoms with Gasteiger partial charge in [0.05, 0.1) is 17.7 Å². The molecule has 0 fully saturated rings. The van der Waals surface area contributed by atoms with Gasteiger partial charge in [-0.3, -0.25) is 19.5 Å². The lowest BCUT2D eigenvalue weighted by Crippen LogP contribution is -2.36. The summed E-state index contributed by atoms with van der Waals surface area (Å²) in [6.07, 6.45) is -0.812. The summed E-state index contributed by atoms with van der Waals surface area (Å²) in [5, 5.41) is 2.61. The van der Waals surface area contributed by atoms with Crippen molar-refractivity contribution in [1.29, 1.82) is 0 Å². The zero-order valence-electron chi connectivity index (χ0n) is 14.1. The number of methoxy groups -OCH3 is 1.